The maximum Gasteiger partial charge on any atom is 0.0726 e. The number of hydrogen-bond acceptors (Lipinski definition) is 0. The second kappa shape index (κ2) is 9.01. The van der Waals surface area contributed by atoms with Crippen LogP contribution in [-0.2, 0) is 5.41 Å². The average Bonchev–Trinajstić information content (AvgIpc) is 3.77. The summed E-state index contributed by atoms with van der Waals surface area (Å²) >= 11 is 0. The van der Waals surface area contributed by atoms with E-state index >= 15 is 0 Å². The standard InChI is InChI=1S/C49H28/c1-2-11-33-29(10-1)20-21-32-26-30(22-24-34(32)33)31-23-25-38-37-14-5-7-18-43(37)49(45(38)27-31)44-19-8-6-15-40(44)48-41-17-9-16-39-35-12-3-4-13-36(35)42(47(39)41)28-46(48)49/h1-28H. The molecular formula is C49H28. The summed E-state index contributed by atoms with van der Waals surface area (Å²) < 4.78 is 0. The summed E-state index contributed by atoms with van der Waals surface area (Å²) in [5.74, 6) is 0. The Morgan fingerprint density at radius 1 is 0.286 bits per heavy atom. The molecule has 0 saturated carbocycles. The van der Waals surface area contributed by atoms with Crippen LogP contribution in [-0.4, -0.2) is 0 Å². The van der Waals surface area contributed by atoms with E-state index in [1.54, 1.807) is 0 Å². The number of fused-ring (bicyclic) bond motifs is 17. The van der Waals surface area contributed by atoms with Gasteiger partial charge in [-0.2, -0.15) is 0 Å². The van der Waals surface area contributed by atoms with Gasteiger partial charge in [-0.25, -0.2) is 0 Å². The average molecular weight is 617 g/mol. The monoisotopic (exact) mass is 616 g/mol. The highest BCUT2D eigenvalue weighted by Gasteiger charge is 2.52. The summed E-state index contributed by atoms with van der Waals surface area (Å²) in [6.07, 6.45) is 0. The first kappa shape index (κ1) is 25.8. The topological polar surface area (TPSA) is 0 Å². The maximum atomic E-state index is 2.56. The molecule has 0 fully saturated rings. The maximum absolute atomic E-state index is 2.56. The van der Waals surface area contributed by atoms with Gasteiger partial charge in [-0.05, 0) is 128 Å². The Morgan fingerprint density at radius 3 is 1.76 bits per heavy atom. The summed E-state index contributed by atoms with van der Waals surface area (Å²) in [5, 5.41) is 7.90. The van der Waals surface area contributed by atoms with E-state index in [-0.39, 0.29) is 0 Å². The van der Waals surface area contributed by atoms with Gasteiger partial charge in [0.05, 0.1) is 5.41 Å². The molecule has 3 aliphatic carbocycles. The Balaban J connectivity index is 1.18. The molecule has 0 bridgehead atoms. The zero-order valence-corrected chi connectivity index (χ0v) is 26.7. The van der Waals surface area contributed by atoms with E-state index in [0.29, 0.717) is 0 Å². The quantitative estimate of drug-likeness (QED) is 0.161. The lowest BCUT2D eigenvalue weighted by molar-refractivity contribution is 0.795. The molecule has 3 aliphatic rings. The van der Waals surface area contributed by atoms with Gasteiger partial charge in [-0.3, -0.25) is 0 Å². The first-order chi connectivity index (χ1) is 24.3. The van der Waals surface area contributed by atoms with Gasteiger partial charge < -0.3 is 0 Å². The van der Waals surface area contributed by atoms with E-state index in [1.165, 1.54) is 110 Å². The number of hydrogen-bond donors (Lipinski definition) is 0. The minimum Gasteiger partial charge on any atom is -0.0619 e. The van der Waals surface area contributed by atoms with E-state index in [2.05, 4.69) is 170 Å². The molecule has 12 rings (SSSR count). The van der Waals surface area contributed by atoms with Gasteiger partial charge in [0.15, 0.2) is 0 Å². The van der Waals surface area contributed by atoms with Crippen LogP contribution in [0.3, 0.4) is 0 Å². The molecule has 1 unspecified atom stereocenters. The molecule has 0 amide bonds. The van der Waals surface area contributed by atoms with Crippen LogP contribution in [0.15, 0.2) is 170 Å². The largest absolute Gasteiger partial charge is 0.0726 e. The summed E-state index contributed by atoms with van der Waals surface area (Å²) in [5.41, 5.74) is 18.4. The summed E-state index contributed by atoms with van der Waals surface area (Å²) in [4.78, 5) is 0. The van der Waals surface area contributed by atoms with Crippen molar-refractivity contribution in [2.24, 2.45) is 0 Å². The molecule has 1 atom stereocenters. The predicted octanol–water partition coefficient (Wildman–Crippen LogP) is 12.8. The summed E-state index contributed by atoms with van der Waals surface area (Å²) in [6.45, 7) is 0. The van der Waals surface area contributed by atoms with Crippen molar-refractivity contribution in [1.82, 2.24) is 0 Å². The molecule has 0 radical (unpaired) electrons. The molecule has 0 saturated heterocycles. The molecule has 224 valence electrons. The van der Waals surface area contributed by atoms with E-state index in [1.807, 2.05) is 0 Å². The van der Waals surface area contributed by atoms with Gasteiger partial charge in [-0.1, -0.05) is 152 Å². The van der Waals surface area contributed by atoms with Crippen molar-refractivity contribution < 1.29 is 0 Å². The number of rotatable bonds is 1. The molecule has 9 aromatic rings. The van der Waals surface area contributed by atoms with E-state index < -0.39 is 5.41 Å². The summed E-state index contributed by atoms with van der Waals surface area (Å²) in [6, 6.07) is 64.3. The van der Waals surface area contributed by atoms with Crippen LogP contribution in [0.4, 0.5) is 0 Å². The Hall–Kier alpha value is -6.24. The molecule has 0 N–H and O–H groups in total. The van der Waals surface area contributed by atoms with Crippen molar-refractivity contribution >= 4 is 32.3 Å². The molecule has 0 heteroatoms. The fourth-order valence-corrected chi connectivity index (χ4v) is 9.87. The first-order valence-corrected chi connectivity index (χ1v) is 17.3. The van der Waals surface area contributed by atoms with E-state index in [9.17, 15) is 0 Å². The molecule has 0 heterocycles. The minimum absolute atomic E-state index is 0.418. The molecule has 1 spiro atoms. The van der Waals surface area contributed by atoms with Crippen LogP contribution in [0, 0.1) is 0 Å². The molecule has 0 aromatic heterocycles. The van der Waals surface area contributed by atoms with Gasteiger partial charge in [0.25, 0.3) is 0 Å². The van der Waals surface area contributed by atoms with Gasteiger partial charge in [-0.15, -0.1) is 0 Å². The predicted molar refractivity (Wildman–Crippen MR) is 205 cm³/mol. The smallest absolute Gasteiger partial charge is 0.0619 e. The van der Waals surface area contributed by atoms with Crippen LogP contribution >= 0.6 is 0 Å². The normalized spacial score (nSPS) is 15.8. The molecular weight excluding hydrogens is 589 g/mol. The van der Waals surface area contributed by atoms with Crippen molar-refractivity contribution in [3.8, 4) is 55.6 Å². The van der Waals surface area contributed by atoms with Crippen molar-refractivity contribution in [3.63, 3.8) is 0 Å². The third kappa shape index (κ3) is 3.07. The van der Waals surface area contributed by atoms with Gasteiger partial charge >= 0.3 is 0 Å². The van der Waals surface area contributed by atoms with Crippen LogP contribution in [0.5, 0.6) is 0 Å². The minimum atomic E-state index is -0.418. The van der Waals surface area contributed by atoms with Gasteiger partial charge in [0.2, 0.25) is 0 Å². The zero-order chi connectivity index (χ0) is 31.8. The Kier molecular flexibility index (Phi) is 4.74. The van der Waals surface area contributed by atoms with Gasteiger partial charge in [0, 0.05) is 0 Å². The molecule has 9 aromatic carbocycles. The van der Waals surface area contributed by atoms with Crippen molar-refractivity contribution in [2.45, 2.75) is 5.41 Å². The zero-order valence-electron chi connectivity index (χ0n) is 26.7. The van der Waals surface area contributed by atoms with Crippen LogP contribution in [0.25, 0.3) is 88.0 Å². The van der Waals surface area contributed by atoms with E-state index in [4.69, 9.17) is 0 Å². The lowest BCUT2D eigenvalue weighted by atomic mass is 9.69. The van der Waals surface area contributed by atoms with Crippen molar-refractivity contribution in [3.05, 3.63) is 192 Å². The highest BCUT2D eigenvalue weighted by Crippen LogP contribution is 2.65. The van der Waals surface area contributed by atoms with E-state index in [0.717, 1.165) is 0 Å². The fraction of sp³-hybridized carbons (Fsp3) is 0.0204. The Labute approximate surface area is 284 Å². The van der Waals surface area contributed by atoms with Crippen LogP contribution < -0.4 is 0 Å². The molecule has 0 aliphatic heterocycles. The third-order valence-corrected chi connectivity index (χ3v) is 11.8. The highest BCUT2D eigenvalue weighted by molar-refractivity contribution is 6.21. The first-order valence-electron chi connectivity index (χ1n) is 17.3. The van der Waals surface area contributed by atoms with Crippen molar-refractivity contribution in [2.75, 3.05) is 0 Å². The lowest BCUT2D eigenvalue weighted by Crippen LogP contribution is -2.26. The highest BCUT2D eigenvalue weighted by atomic mass is 14.5. The van der Waals surface area contributed by atoms with Crippen LogP contribution in [0.1, 0.15) is 22.3 Å². The van der Waals surface area contributed by atoms with Crippen LogP contribution in [0.2, 0.25) is 0 Å². The third-order valence-electron chi connectivity index (χ3n) is 11.8. The fourth-order valence-electron chi connectivity index (χ4n) is 9.87. The lowest BCUT2D eigenvalue weighted by Gasteiger charge is -2.31. The Bertz CT molecular complexity index is 2940. The molecule has 0 nitrogen and oxygen atoms in total. The van der Waals surface area contributed by atoms with Crippen molar-refractivity contribution in [1.29, 1.82) is 0 Å². The van der Waals surface area contributed by atoms with Gasteiger partial charge in [0.1, 0.15) is 0 Å². The molecule has 49 heavy (non-hydrogen) atoms. The SMILES string of the molecule is c1ccc2c(c1)-c1cccc3c4c(cc-2c13)C1(c2ccccc2-c2ccc(-c3ccc5c(ccc6ccccc65)c3)cc21)c1ccccc1-4. The Morgan fingerprint density at radius 2 is 0.878 bits per heavy atom. The number of benzene rings is 9. The second-order valence-corrected chi connectivity index (χ2v) is 13.9. The second-order valence-electron chi connectivity index (χ2n) is 13.9. The summed E-state index contributed by atoms with van der Waals surface area (Å²) in [7, 11) is 0.